The number of fused-ring (bicyclic) bond motifs is 1. The molecule has 0 spiro atoms. The molecule has 1 N–H and O–H groups in total. The van der Waals surface area contributed by atoms with E-state index in [-0.39, 0.29) is 16.1 Å². The second-order valence-electron chi connectivity index (χ2n) is 5.08. The van der Waals surface area contributed by atoms with Gasteiger partial charge >= 0.3 is 11.9 Å². The molecule has 1 aromatic carbocycles. The van der Waals surface area contributed by atoms with Gasteiger partial charge in [-0.05, 0) is 24.3 Å². The van der Waals surface area contributed by atoms with Crippen molar-refractivity contribution in [1.29, 1.82) is 0 Å². The zero-order valence-corrected chi connectivity index (χ0v) is 13.7. The summed E-state index contributed by atoms with van der Waals surface area (Å²) in [6.45, 7) is 0. The maximum absolute atomic E-state index is 13.7. The van der Waals surface area contributed by atoms with E-state index in [9.17, 15) is 14.0 Å². The standard InChI is InChI=1S/C17H12ClFN2O4/c1-24-17(23)14(9-2-3-12(18)13(19)8-9)25-16(22)11-5-7-21-15-10(11)4-6-20-15/h2-8,14H,1H3,(H,20,21). The number of methoxy groups -OCH3 is 1. The molecule has 2 heterocycles. The molecule has 0 aliphatic carbocycles. The van der Waals surface area contributed by atoms with E-state index in [2.05, 4.69) is 14.7 Å². The molecule has 0 amide bonds. The van der Waals surface area contributed by atoms with Crippen molar-refractivity contribution >= 4 is 34.6 Å². The minimum Gasteiger partial charge on any atom is -0.466 e. The van der Waals surface area contributed by atoms with E-state index in [4.69, 9.17) is 16.3 Å². The van der Waals surface area contributed by atoms with Gasteiger partial charge in [0.05, 0.1) is 17.7 Å². The SMILES string of the molecule is COC(=O)C(OC(=O)c1ccnc2[nH]ccc12)c1ccc(Cl)c(F)c1. The first kappa shape index (κ1) is 16.9. The number of hydrogen-bond acceptors (Lipinski definition) is 5. The van der Waals surface area contributed by atoms with E-state index < -0.39 is 23.9 Å². The Morgan fingerprint density at radius 1 is 1.28 bits per heavy atom. The number of esters is 2. The molecule has 1 unspecified atom stereocenters. The fraction of sp³-hybridized carbons (Fsp3) is 0.118. The van der Waals surface area contributed by atoms with Gasteiger partial charge in [-0.3, -0.25) is 0 Å². The van der Waals surface area contributed by atoms with Crippen molar-refractivity contribution in [3.63, 3.8) is 0 Å². The van der Waals surface area contributed by atoms with Crippen molar-refractivity contribution in [2.75, 3.05) is 7.11 Å². The van der Waals surface area contributed by atoms with Crippen LogP contribution in [0.4, 0.5) is 4.39 Å². The number of nitrogens with zero attached hydrogens (tertiary/aromatic N) is 1. The highest BCUT2D eigenvalue weighted by atomic mass is 35.5. The maximum atomic E-state index is 13.7. The first-order chi connectivity index (χ1) is 12.0. The molecule has 8 heteroatoms. The van der Waals surface area contributed by atoms with Crippen LogP contribution < -0.4 is 0 Å². The lowest BCUT2D eigenvalue weighted by Crippen LogP contribution is -2.21. The first-order valence-corrected chi connectivity index (χ1v) is 7.55. The quantitative estimate of drug-likeness (QED) is 0.719. The smallest absolute Gasteiger partial charge is 0.351 e. The van der Waals surface area contributed by atoms with E-state index in [1.807, 2.05) is 0 Å². The number of carbonyl (C=O) groups excluding carboxylic acids is 2. The first-order valence-electron chi connectivity index (χ1n) is 7.17. The Balaban J connectivity index is 1.95. The van der Waals surface area contributed by atoms with Crippen LogP contribution in [0.15, 0.2) is 42.7 Å². The number of halogens is 2. The highest BCUT2D eigenvalue weighted by molar-refractivity contribution is 6.30. The predicted molar refractivity (Wildman–Crippen MR) is 87.7 cm³/mol. The molecule has 2 aromatic heterocycles. The zero-order valence-electron chi connectivity index (χ0n) is 13.0. The van der Waals surface area contributed by atoms with Crippen LogP contribution in [0.5, 0.6) is 0 Å². The Hall–Kier alpha value is -2.93. The summed E-state index contributed by atoms with van der Waals surface area (Å²) >= 11 is 5.64. The molecule has 3 rings (SSSR count). The minimum atomic E-state index is -1.42. The van der Waals surface area contributed by atoms with Gasteiger partial charge in [-0.15, -0.1) is 0 Å². The summed E-state index contributed by atoms with van der Waals surface area (Å²) in [6.07, 6.45) is 1.64. The molecule has 0 fully saturated rings. The molecule has 0 saturated heterocycles. The van der Waals surface area contributed by atoms with Gasteiger partial charge < -0.3 is 14.5 Å². The fourth-order valence-corrected chi connectivity index (χ4v) is 2.46. The van der Waals surface area contributed by atoms with Crippen molar-refractivity contribution in [2.45, 2.75) is 6.10 Å². The Bertz CT molecular complexity index is 957. The molecular weight excluding hydrogens is 351 g/mol. The van der Waals surface area contributed by atoms with E-state index >= 15 is 0 Å². The van der Waals surface area contributed by atoms with Gasteiger partial charge in [-0.25, -0.2) is 19.0 Å². The molecule has 0 aliphatic heterocycles. The van der Waals surface area contributed by atoms with Crippen molar-refractivity contribution in [3.05, 3.63) is 64.7 Å². The molecule has 0 saturated carbocycles. The van der Waals surface area contributed by atoms with Gasteiger partial charge in [0.2, 0.25) is 6.10 Å². The van der Waals surface area contributed by atoms with Gasteiger partial charge in [0.1, 0.15) is 11.5 Å². The Morgan fingerprint density at radius 3 is 2.80 bits per heavy atom. The predicted octanol–water partition coefficient (Wildman–Crippen LogP) is 3.43. The van der Waals surface area contributed by atoms with Crippen LogP contribution in [-0.2, 0) is 14.3 Å². The lowest BCUT2D eigenvalue weighted by atomic mass is 10.1. The van der Waals surface area contributed by atoms with Crippen molar-refractivity contribution in [3.8, 4) is 0 Å². The van der Waals surface area contributed by atoms with Crippen LogP contribution in [0, 0.1) is 5.82 Å². The Morgan fingerprint density at radius 2 is 2.08 bits per heavy atom. The molecule has 0 radical (unpaired) electrons. The number of pyridine rings is 1. The third kappa shape index (κ3) is 3.32. The molecule has 6 nitrogen and oxygen atoms in total. The van der Waals surface area contributed by atoms with Gasteiger partial charge in [0.25, 0.3) is 0 Å². The van der Waals surface area contributed by atoms with Crippen LogP contribution in [-0.4, -0.2) is 29.0 Å². The van der Waals surface area contributed by atoms with E-state index in [0.717, 1.165) is 13.2 Å². The topological polar surface area (TPSA) is 81.3 Å². The molecule has 3 aromatic rings. The number of hydrogen-bond donors (Lipinski definition) is 1. The maximum Gasteiger partial charge on any atom is 0.351 e. The lowest BCUT2D eigenvalue weighted by molar-refractivity contribution is -0.151. The third-order valence-electron chi connectivity index (χ3n) is 3.57. The average Bonchev–Trinajstić information content (AvgIpc) is 3.10. The average molecular weight is 363 g/mol. The minimum absolute atomic E-state index is 0.109. The number of ether oxygens (including phenoxy) is 2. The number of aromatic amines is 1. The summed E-state index contributed by atoms with van der Waals surface area (Å²) in [4.78, 5) is 31.5. The Kier molecular flexibility index (Phi) is 4.67. The summed E-state index contributed by atoms with van der Waals surface area (Å²) < 4.78 is 23.6. The summed E-state index contributed by atoms with van der Waals surface area (Å²) in [5.41, 5.74) is 0.831. The lowest BCUT2D eigenvalue weighted by Gasteiger charge is -2.16. The monoisotopic (exact) mass is 362 g/mol. The van der Waals surface area contributed by atoms with Gasteiger partial charge in [-0.2, -0.15) is 0 Å². The second-order valence-corrected chi connectivity index (χ2v) is 5.49. The number of H-pyrrole nitrogens is 1. The fourth-order valence-electron chi connectivity index (χ4n) is 2.34. The molecule has 1 atom stereocenters. The summed E-state index contributed by atoms with van der Waals surface area (Å²) in [5, 5.41) is 0.431. The molecule has 0 aliphatic rings. The van der Waals surface area contributed by atoms with E-state index in [1.165, 1.54) is 24.4 Å². The zero-order chi connectivity index (χ0) is 18.0. The van der Waals surface area contributed by atoms with Crippen LogP contribution in [0.25, 0.3) is 11.0 Å². The highest BCUT2D eigenvalue weighted by Gasteiger charge is 2.28. The third-order valence-corrected chi connectivity index (χ3v) is 3.87. The normalized spacial score (nSPS) is 12.0. The number of aromatic nitrogens is 2. The highest BCUT2D eigenvalue weighted by Crippen LogP contribution is 2.26. The van der Waals surface area contributed by atoms with Gasteiger partial charge in [0.15, 0.2) is 0 Å². The Labute approximate surface area is 146 Å². The largest absolute Gasteiger partial charge is 0.466 e. The summed E-state index contributed by atoms with van der Waals surface area (Å²) in [5.74, 6) is -2.34. The number of nitrogens with one attached hydrogen (secondary N) is 1. The number of benzene rings is 1. The van der Waals surface area contributed by atoms with Crippen LogP contribution in [0.2, 0.25) is 5.02 Å². The van der Waals surface area contributed by atoms with E-state index in [1.54, 1.807) is 12.3 Å². The molecule has 128 valence electrons. The molecular formula is C17H12ClFN2O4. The summed E-state index contributed by atoms with van der Waals surface area (Å²) in [7, 11) is 1.15. The second kappa shape index (κ2) is 6.90. The van der Waals surface area contributed by atoms with Crippen molar-refractivity contribution in [2.24, 2.45) is 0 Å². The van der Waals surface area contributed by atoms with Crippen LogP contribution in [0.3, 0.4) is 0 Å². The number of carbonyl (C=O) groups is 2. The molecule has 0 bridgehead atoms. The van der Waals surface area contributed by atoms with Crippen molar-refractivity contribution < 1.29 is 23.5 Å². The molecule has 25 heavy (non-hydrogen) atoms. The van der Waals surface area contributed by atoms with Crippen LogP contribution in [0.1, 0.15) is 22.0 Å². The van der Waals surface area contributed by atoms with Gasteiger partial charge in [0, 0.05) is 23.3 Å². The van der Waals surface area contributed by atoms with Gasteiger partial charge in [-0.1, -0.05) is 17.7 Å². The van der Waals surface area contributed by atoms with E-state index in [0.29, 0.717) is 11.0 Å². The number of rotatable bonds is 4. The van der Waals surface area contributed by atoms with Crippen LogP contribution >= 0.6 is 11.6 Å². The summed E-state index contributed by atoms with van der Waals surface area (Å²) in [6, 6.07) is 6.81. The van der Waals surface area contributed by atoms with Crippen molar-refractivity contribution in [1.82, 2.24) is 9.97 Å².